The summed E-state index contributed by atoms with van der Waals surface area (Å²) < 4.78 is 0. The summed E-state index contributed by atoms with van der Waals surface area (Å²) in [5.74, 6) is 0.785. The number of benzene rings is 1. The van der Waals surface area contributed by atoms with Crippen LogP contribution in [0.5, 0.6) is 0 Å². The largest absolute Gasteiger partial charge is 0.317 e. The first-order chi connectivity index (χ1) is 9.70. The quantitative estimate of drug-likeness (QED) is 0.895. The summed E-state index contributed by atoms with van der Waals surface area (Å²) >= 11 is 0. The summed E-state index contributed by atoms with van der Waals surface area (Å²) in [6, 6.07) is 10.8. The van der Waals surface area contributed by atoms with E-state index in [1.54, 1.807) is 0 Å². The molecule has 2 rings (SSSR count). The fourth-order valence-electron chi connectivity index (χ4n) is 2.84. The Morgan fingerprint density at radius 3 is 2.65 bits per heavy atom. The van der Waals surface area contributed by atoms with E-state index in [1.165, 1.54) is 12.8 Å². The smallest absolute Gasteiger partial charge is 0.0995 e. The highest BCUT2D eigenvalue weighted by molar-refractivity contribution is 5.37. The maximum atomic E-state index is 9.21. The Bertz CT molecular complexity index is 456. The highest BCUT2D eigenvalue weighted by Crippen LogP contribution is 2.18. The van der Waals surface area contributed by atoms with Crippen LogP contribution in [0, 0.1) is 17.2 Å². The average molecular weight is 271 g/mol. The van der Waals surface area contributed by atoms with Crippen LogP contribution in [-0.2, 0) is 6.54 Å². The fourth-order valence-corrected chi connectivity index (χ4v) is 2.84. The number of nitriles is 1. The van der Waals surface area contributed by atoms with Gasteiger partial charge >= 0.3 is 0 Å². The monoisotopic (exact) mass is 271 g/mol. The van der Waals surface area contributed by atoms with Gasteiger partial charge in [0.2, 0.25) is 0 Å². The molecule has 1 fully saturated rings. The van der Waals surface area contributed by atoms with Crippen LogP contribution < -0.4 is 5.32 Å². The lowest BCUT2D eigenvalue weighted by atomic mass is 9.96. The fraction of sp³-hybridized carbons (Fsp3) is 0.588. The minimum absolute atomic E-state index is 0.511. The van der Waals surface area contributed by atoms with Crippen molar-refractivity contribution < 1.29 is 0 Å². The second kappa shape index (κ2) is 7.42. The van der Waals surface area contributed by atoms with Gasteiger partial charge in [-0.15, -0.1) is 0 Å². The molecule has 1 aliphatic heterocycles. The average Bonchev–Trinajstić information content (AvgIpc) is 2.48. The van der Waals surface area contributed by atoms with Crippen LogP contribution in [0.3, 0.4) is 0 Å². The van der Waals surface area contributed by atoms with Crippen molar-refractivity contribution >= 4 is 0 Å². The van der Waals surface area contributed by atoms with Crippen molar-refractivity contribution in [2.45, 2.75) is 39.3 Å². The minimum atomic E-state index is 0.511. The predicted octanol–water partition coefficient (Wildman–Crippen LogP) is 2.77. The van der Waals surface area contributed by atoms with Gasteiger partial charge in [-0.1, -0.05) is 18.2 Å². The van der Waals surface area contributed by atoms with Crippen molar-refractivity contribution in [2.24, 2.45) is 5.92 Å². The maximum absolute atomic E-state index is 9.21. The van der Waals surface area contributed by atoms with Crippen molar-refractivity contribution in [3.8, 4) is 6.07 Å². The topological polar surface area (TPSA) is 39.1 Å². The van der Waals surface area contributed by atoms with E-state index in [2.05, 4.69) is 36.2 Å². The first-order valence-corrected chi connectivity index (χ1v) is 7.63. The van der Waals surface area contributed by atoms with E-state index in [0.717, 1.165) is 43.2 Å². The molecule has 0 atom stereocenters. The molecule has 1 aliphatic rings. The van der Waals surface area contributed by atoms with Crippen LogP contribution in [0.25, 0.3) is 0 Å². The number of nitrogens with zero attached hydrogens (tertiary/aromatic N) is 2. The van der Waals surface area contributed by atoms with Gasteiger partial charge in [-0.3, -0.25) is 4.90 Å². The van der Waals surface area contributed by atoms with Crippen LogP contribution in [0.15, 0.2) is 24.3 Å². The molecule has 0 spiro atoms. The molecule has 1 saturated heterocycles. The first-order valence-electron chi connectivity index (χ1n) is 7.63. The molecule has 1 heterocycles. The zero-order chi connectivity index (χ0) is 14.4. The van der Waals surface area contributed by atoms with Crippen molar-refractivity contribution in [2.75, 3.05) is 19.6 Å². The molecular weight excluding hydrogens is 246 g/mol. The Labute approximate surface area is 122 Å². The maximum Gasteiger partial charge on any atom is 0.0995 e. The molecule has 3 nitrogen and oxygen atoms in total. The van der Waals surface area contributed by atoms with E-state index in [9.17, 15) is 5.26 Å². The molecule has 1 aromatic carbocycles. The van der Waals surface area contributed by atoms with E-state index in [1.807, 2.05) is 18.2 Å². The van der Waals surface area contributed by atoms with Crippen LogP contribution >= 0.6 is 0 Å². The number of hydrogen-bond acceptors (Lipinski definition) is 3. The van der Waals surface area contributed by atoms with Gasteiger partial charge in [0, 0.05) is 19.1 Å². The van der Waals surface area contributed by atoms with Gasteiger partial charge < -0.3 is 5.32 Å². The molecule has 0 unspecified atom stereocenters. The van der Waals surface area contributed by atoms with Crippen LogP contribution in [0.4, 0.5) is 0 Å². The molecule has 20 heavy (non-hydrogen) atoms. The van der Waals surface area contributed by atoms with Crippen molar-refractivity contribution in [1.82, 2.24) is 10.2 Å². The second-order valence-electron chi connectivity index (χ2n) is 5.99. The van der Waals surface area contributed by atoms with E-state index in [0.29, 0.717) is 6.04 Å². The Kier molecular flexibility index (Phi) is 5.58. The third-order valence-corrected chi connectivity index (χ3v) is 4.19. The summed E-state index contributed by atoms with van der Waals surface area (Å²) in [6.07, 6.45) is 2.53. The third kappa shape index (κ3) is 4.06. The molecule has 108 valence electrons. The normalized spacial score (nSPS) is 16.6. The lowest BCUT2D eigenvalue weighted by Gasteiger charge is -2.33. The molecule has 0 aliphatic carbocycles. The molecule has 3 heteroatoms. The van der Waals surface area contributed by atoms with Crippen LogP contribution in [0.2, 0.25) is 0 Å². The van der Waals surface area contributed by atoms with E-state index < -0.39 is 0 Å². The molecule has 0 bridgehead atoms. The van der Waals surface area contributed by atoms with Gasteiger partial charge in [-0.25, -0.2) is 0 Å². The SMILES string of the molecule is CC(C)N(Cc1ccccc1C#N)CC1CCNCC1. The summed E-state index contributed by atoms with van der Waals surface area (Å²) in [5, 5.41) is 12.6. The van der Waals surface area contributed by atoms with Crippen molar-refractivity contribution in [1.29, 1.82) is 5.26 Å². The van der Waals surface area contributed by atoms with Gasteiger partial charge in [-0.2, -0.15) is 5.26 Å². The van der Waals surface area contributed by atoms with E-state index in [-0.39, 0.29) is 0 Å². The van der Waals surface area contributed by atoms with Crippen molar-refractivity contribution in [3.05, 3.63) is 35.4 Å². The van der Waals surface area contributed by atoms with Gasteiger partial charge in [0.1, 0.15) is 0 Å². The molecule has 1 N–H and O–H groups in total. The first kappa shape index (κ1) is 15.0. The lowest BCUT2D eigenvalue weighted by Crippen LogP contribution is -2.39. The Morgan fingerprint density at radius 1 is 1.30 bits per heavy atom. The predicted molar refractivity (Wildman–Crippen MR) is 82.3 cm³/mol. The van der Waals surface area contributed by atoms with Crippen molar-refractivity contribution in [3.63, 3.8) is 0 Å². The summed E-state index contributed by atoms with van der Waals surface area (Å²) in [6.45, 7) is 8.80. The highest BCUT2D eigenvalue weighted by atomic mass is 15.1. The van der Waals surface area contributed by atoms with Crippen LogP contribution in [0.1, 0.15) is 37.8 Å². The zero-order valence-electron chi connectivity index (χ0n) is 12.6. The van der Waals surface area contributed by atoms with Gasteiger partial charge in [0.05, 0.1) is 11.6 Å². The molecular formula is C17H25N3. The van der Waals surface area contributed by atoms with Crippen LogP contribution in [-0.4, -0.2) is 30.6 Å². The zero-order valence-corrected chi connectivity index (χ0v) is 12.6. The number of hydrogen-bond donors (Lipinski definition) is 1. The third-order valence-electron chi connectivity index (χ3n) is 4.19. The lowest BCUT2D eigenvalue weighted by molar-refractivity contribution is 0.161. The Morgan fingerprint density at radius 2 is 2.00 bits per heavy atom. The van der Waals surface area contributed by atoms with E-state index >= 15 is 0 Å². The second-order valence-corrected chi connectivity index (χ2v) is 5.99. The highest BCUT2D eigenvalue weighted by Gasteiger charge is 2.19. The summed E-state index contributed by atoms with van der Waals surface area (Å²) in [7, 11) is 0. The molecule has 0 amide bonds. The Balaban J connectivity index is 2.03. The van der Waals surface area contributed by atoms with E-state index in [4.69, 9.17) is 0 Å². The number of rotatable bonds is 5. The van der Waals surface area contributed by atoms with Gasteiger partial charge in [0.25, 0.3) is 0 Å². The summed E-state index contributed by atoms with van der Waals surface area (Å²) in [4.78, 5) is 2.51. The molecule has 0 radical (unpaired) electrons. The standard InChI is InChI=1S/C17H25N3/c1-14(2)20(12-15-7-9-19-10-8-15)13-17-6-4-3-5-16(17)11-18/h3-6,14-15,19H,7-10,12-13H2,1-2H3. The molecule has 1 aromatic rings. The van der Waals surface area contributed by atoms with Gasteiger partial charge in [-0.05, 0) is 57.3 Å². The Hall–Kier alpha value is -1.37. The molecule has 0 saturated carbocycles. The number of piperidine rings is 1. The minimum Gasteiger partial charge on any atom is -0.317 e. The summed E-state index contributed by atoms with van der Waals surface area (Å²) in [5.41, 5.74) is 1.96. The number of nitrogens with one attached hydrogen (secondary N) is 1. The van der Waals surface area contributed by atoms with Gasteiger partial charge in [0.15, 0.2) is 0 Å². The molecule has 0 aromatic heterocycles.